The number of aliphatic hydroxyl groups excluding tert-OH is 1. The summed E-state index contributed by atoms with van der Waals surface area (Å²) in [7, 11) is 0. The van der Waals surface area contributed by atoms with Crippen molar-refractivity contribution in [3.05, 3.63) is 76.9 Å². The monoisotopic (exact) mass is 425 g/mol. The van der Waals surface area contributed by atoms with E-state index in [4.69, 9.17) is 21.8 Å². The highest BCUT2D eigenvalue weighted by molar-refractivity contribution is 6.31. The van der Waals surface area contributed by atoms with Crippen molar-refractivity contribution in [3.63, 3.8) is 0 Å². The number of aromatic nitrogens is 2. The normalized spacial score (nSPS) is 14.8. The molecule has 0 aliphatic carbocycles. The topological polar surface area (TPSA) is 62.8 Å². The fraction of sp³-hybridized carbons (Fsp3) is 0.304. The van der Waals surface area contributed by atoms with E-state index in [9.17, 15) is 4.79 Å². The Morgan fingerprint density at radius 1 is 1.07 bits per heavy atom. The number of benzene rings is 2. The number of halogens is 1. The van der Waals surface area contributed by atoms with Crippen LogP contribution in [0.15, 0.2) is 60.8 Å². The minimum absolute atomic E-state index is 0.00214. The van der Waals surface area contributed by atoms with Crippen LogP contribution in [0.4, 0.5) is 0 Å². The summed E-state index contributed by atoms with van der Waals surface area (Å²) in [6.07, 6.45) is 1.83. The molecule has 2 heterocycles. The number of rotatable bonds is 6. The molecule has 156 valence electrons. The van der Waals surface area contributed by atoms with Gasteiger partial charge < -0.3 is 14.9 Å². The minimum atomic E-state index is 0.00214. The molecule has 0 saturated carbocycles. The van der Waals surface area contributed by atoms with Crippen LogP contribution in [0.25, 0.3) is 11.3 Å². The Morgan fingerprint density at radius 2 is 1.77 bits per heavy atom. The maximum Gasteiger partial charge on any atom is 0.258 e. The summed E-state index contributed by atoms with van der Waals surface area (Å²) in [6.45, 7) is 4.46. The molecule has 1 aliphatic rings. The highest BCUT2D eigenvalue weighted by atomic mass is 35.5. The van der Waals surface area contributed by atoms with E-state index < -0.39 is 0 Å². The summed E-state index contributed by atoms with van der Waals surface area (Å²) in [5.74, 6) is 0.00214. The number of carbonyl (C=O) groups is 1. The number of nitrogens with one attached hydrogen (secondary N) is 1. The van der Waals surface area contributed by atoms with Gasteiger partial charge in [0.05, 0.1) is 44.9 Å². The lowest BCUT2D eigenvalue weighted by Gasteiger charge is -2.31. The van der Waals surface area contributed by atoms with Crippen LogP contribution in [0.5, 0.6) is 0 Å². The Morgan fingerprint density at radius 3 is 2.47 bits per heavy atom. The van der Waals surface area contributed by atoms with Gasteiger partial charge >= 0.3 is 0 Å². The molecule has 2 N–H and O–H groups in total. The van der Waals surface area contributed by atoms with Crippen LogP contribution in [0, 0.1) is 0 Å². The molecule has 30 heavy (non-hydrogen) atoms. The second-order valence-electron chi connectivity index (χ2n) is 7.56. The Hall–Kier alpha value is -2.67. The van der Waals surface area contributed by atoms with Gasteiger partial charge in [0.1, 0.15) is 12.2 Å². The van der Waals surface area contributed by atoms with Crippen LogP contribution in [0.3, 0.4) is 0 Å². The molecule has 0 unspecified atom stereocenters. The first-order chi connectivity index (χ1) is 14.7. The van der Waals surface area contributed by atoms with Crippen LogP contribution < -0.4 is 4.90 Å². The van der Waals surface area contributed by atoms with E-state index in [-0.39, 0.29) is 12.5 Å². The van der Waals surface area contributed by atoms with Gasteiger partial charge in [-0.05, 0) is 11.6 Å². The molecule has 1 saturated heterocycles. The van der Waals surface area contributed by atoms with Crippen molar-refractivity contribution in [1.82, 2.24) is 14.7 Å². The predicted octanol–water partition coefficient (Wildman–Crippen LogP) is 1.58. The average molecular weight is 426 g/mol. The molecule has 1 fully saturated rings. The molecular weight excluding hydrogens is 400 g/mol. The van der Waals surface area contributed by atoms with Crippen LogP contribution in [-0.4, -0.2) is 65.0 Å². The third-order valence-corrected chi connectivity index (χ3v) is 5.92. The Bertz CT molecular complexity index is 997. The van der Waals surface area contributed by atoms with Gasteiger partial charge in [0.25, 0.3) is 5.91 Å². The fourth-order valence-corrected chi connectivity index (χ4v) is 4.07. The van der Waals surface area contributed by atoms with E-state index in [1.807, 2.05) is 65.7 Å². The predicted molar refractivity (Wildman–Crippen MR) is 117 cm³/mol. The molecule has 7 heteroatoms. The molecule has 0 spiro atoms. The van der Waals surface area contributed by atoms with E-state index in [2.05, 4.69) is 0 Å². The van der Waals surface area contributed by atoms with Gasteiger partial charge in [-0.1, -0.05) is 60.1 Å². The smallest absolute Gasteiger partial charge is 0.258 e. The lowest BCUT2D eigenvalue weighted by molar-refractivity contribution is -0.904. The summed E-state index contributed by atoms with van der Waals surface area (Å²) < 4.78 is 1.80. The zero-order valence-electron chi connectivity index (χ0n) is 16.8. The van der Waals surface area contributed by atoms with Gasteiger partial charge in [0, 0.05) is 16.8 Å². The Kier molecular flexibility index (Phi) is 6.47. The summed E-state index contributed by atoms with van der Waals surface area (Å²) in [4.78, 5) is 16.6. The van der Waals surface area contributed by atoms with E-state index in [0.29, 0.717) is 35.9 Å². The number of piperazine rings is 1. The molecule has 4 rings (SSSR count). The molecule has 0 atom stereocenters. The van der Waals surface area contributed by atoms with Crippen molar-refractivity contribution in [2.75, 3.05) is 39.3 Å². The van der Waals surface area contributed by atoms with Gasteiger partial charge in [-0.15, -0.1) is 0 Å². The van der Waals surface area contributed by atoms with Gasteiger partial charge in [-0.25, -0.2) is 0 Å². The van der Waals surface area contributed by atoms with Gasteiger partial charge in [0.15, 0.2) is 0 Å². The quantitative estimate of drug-likeness (QED) is 0.630. The van der Waals surface area contributed by atoms with E-state index in [0.717, 1.165) is 30.8 Å². The maximum absolute atomic E-state index is 13.4. The molecule has 2 aromatic carbocycles. The summed E-state index contributed by atoms with van der Waals surface area (Å²) in [5.41, 5.74) is 3.18. The van der Waals surface area contributed by atoms with Crippen LogP contribution in [0.2, 0.25) is 5.02 Å². The highest BCUT2D eigenvalue weighted by Crippen LogP contribution is 2.25. The lowest BCUT2D eigenvalue weighted by atomic mass is 10.1. The second-order valence-corrected chi connectivity index (χ2v) is 7.97. The van der Waals surface area contributed by atoms with Gasteiger partial charge in [-0.3, -0.25) is 9.48 Å². The molecule has 3 aromatic rings. The van der Waals surface area contributed by atoms with Crippen molar-refractivity contribution in [2.45, 2.75) is 6.54 Å². The van der Waals surface area contributed by atoms with Gasteiger partial charge in [-0.2, -0.15) is 5.10 Å². The SMILES string of the molecule is O=C(c1cn(Cc2ccccc2Cl)nc1-c1ccccc1)N1CC[NH+](CCO)CC1. The number of nitrogens with zero attached hydrogens (tertiary/aromatic N) is 3. The van der Waals surface area contributed by atoms with E-state index in [1.165, 1.54) is 4.90 Å². The molecule has 0 radical (unpaired) electrons. The molecular formula is C23H26ClN4O2+. The van der Waals surface area contributed by atoms with Crippen LogP contribution in [-0.2, 0) is 6.54 Å². The average Bonchev–Trinajstić information content (AvgIpc) is 3.20. The molecule has 0 bridgehead atoms. The van der Waals surface area contributed by atoms with Crippen LogP contribution >= 0.6 is 11.6 Å². The van der Waals surface area contributed by atoms with Crippen molar-refractivity contribution < 1.29 is 14.8 Å². The lowest BCUT2D eigenvalue weighted by Crippen LogP contribution is -3.15. The third-order valence-electron chi connectivity index (χ3n) is 5.55. The first-order valence-electron chi connectivity index (χ1n) is 10.3. The molecule has 1 aliphatic heterocycles. The third kappa shape index (κ3) is 4.56. The first kappa shape index (κ1) is 20.6. The van der Waals surface area contributed by atoms with Gasteiger partial charge in [0.2, 0.25) is 0 Å². The number of amides is 1. The fourth-order valence-electron chi connectivity index (χ4n) is 3.87. The van der Waals surface area contributed by atoms with Crippen molar-refractivity contribution in [2.24, 2.45) is 0 Å². The Balaban J connectivity index is 1.62. The van der Waals surface area contributed by atoms with Crippen LogP contribution in [0.1, 0.15) is 15.9 Å². The Labute approximate surface area is 181 Å². The minimum Gasteiger partial charge on any atom is -0.391 e. The summed E-state index contributed by atoms with van der Waals surface area (Å²) in [6, 6.07) is 17.5. The zero-order chi connectivity index (χ0) is 20.9. The molecule has 6 nitrogen and oxygen atoms in total. The summed E-state index contributed by atoms with van der Waals surface area (Å²) in [5, 5.41) is 14.6. The summed E-state index contributed by atoms with van der Waals surface area (Å²) >= 11 is 6.32. The maximum atomic E-state index is 13.4. The molecule has 1 amide bonds. The largest absolute Gasteiger partial charge is 0.391 e. The van der Waals surface area contributed by atoms with E-state index >= 15 is 0 Å². The standard InChI is InChI=1S/C23H25ClN4O2/c24-21-9-5-4-8-19(21)16-28-17-20(22(25-28)18-6-2-1-3-7-18)23(30)27-12-10-26(11-13-27)14-15-29/h1-9,17,29H,10-16H2/p+1. The molecule has 1 aromatic heterocycles. The van der Waals surface area contributed by atoms with Crippen molar-refractivity contribution in [3.8, 4) is 11.3 Å². The highest BCUT2D eigenvalue weighted by Gasteiger charge is 2.27. The number of carbonyl (C=O) groups excluding carboxylic acids is 1. The number of hydrogen-bond donors (Lipinski definition) is 2. The number of hydrogen-bond acceptors (Lipinski definition) is 3. The number of aliphatic hydroxyl groups is 1. The van der Waals surface area contributed by atoms with Crippen molar-refractivity contribution in [1.29, 1.82) is 0 Å². The first-order valence-corrected chi connectivity index (χ1v) is 10.6. The zero-order valence-corrected chi connectivity index (χ0v) is 17.6. The second kappa shape index (κ2) is 9.43. The van der Waals surface area contributed by atoms with Crippen molar-refractivity contribution >= 4 is 17.5 Å². The number of quaternary nitrogens is 1. The van der Waals surface area contributed by atoms with E-state index in [1.54, 1.807) is 4.68 Å².